The molecule has 0 unspecified atom stereocenters. The Morgan fingerprint density at radius 2 is 2.00 bits per heavy atom. The third-order valence-corrected chi connectivity index (χ3v) is 4.22. The lowest BCUT2D eigenvalue weighted by Crippen LogP contribution is -2.20. The number of aromatic nitrogens is 2. The van der Waals surface area contributed by atoms with Gasteiger partial charge >= 0.3 is 6.03 Å². The van der Waals surface area contributed by atoms with E-state index in [4.69, 9.17) is 4.74 Å². The summed E-state index contributed by atoms with van der Waals surface area (Å²) < 4.78 is 19.2. The van der Waals surface area contributed by atoms with Crippen LogP contribution in [0.2, 0.25) is 0 Å². The average molecular weight is 364 g/mol. The summed E-state index contributed by atoms with van der Waals surface area (Å²) in [6.45, 7) is 0.713. The van der Waals surface area contributed by atoms with Crippen LogP contribution in [0.4, 0.5) is 20.7 Å². The van der Waals surface area contributed by atoms with Crippen LogP contribution in [0.15, 0.2) is 54.9 Å². The Labute approximate surface area is 155 Å². The molecular weight excluding hydrogens is 347 g/mol. The summed E-state index contributed by atoms with van der Waals surface area (Å²) in [4.78, 5) is 20.9. The van der Waals surface area contributed by atoms with Crippen LogP contribution >= 0.6 is 0 Å². The smallest absolute Gasteiger partial charge is 0.324 e. The van der Waals surface area contributed by atoms with Crippen LogP contribution in [-0.4, -0.2) is 22.6 Å². The van der Waals surface area contributed by atoms with Crippen LogP contribution in [0.3, 0.4) is 0 Å². The van der Waals surface area contributed by atoms with Gasteiger partial charge < -0.3 is 10.1 Å². The van der Waals surface area contributed by atoms with Crippen LogP contribution in [0.5, 0.6) is 0 Å². The molecule has 2 N–H and O–H groups in total. The second-order valence-electron chi connectivity index (χ2n) is 6.10. The van der Waals surface area contributed by atoms with Gasteiger partial charge in [0.15, 0.2) is 0 Å². The third-order valence-electron chi connectivity index (χ3n) is 4.22. The second-order valence-corrected chi connectivity index (χ2v) is 6.10. The Kier molecular flexibility index (Phi) is 4.65. The van der Waals surface area contributed by atoms with E-state index in [0.717, 1.165) is 24.1 Å². The molecule has 0 saturated heterocycles. The van der Waals surface area contributed by atoms with Gasteiger partial charge in [-0.2, -0.15) is 0 Å². The molecule has 2 aromatic heterocycles. The third kappa shape index (κ3) is 3.72. The number of halogens is 1. The Morgan fingerprint density at radius 3 is 2.85 bits per heavy atom. The van der Waals surface area contributed by atoms with Gasteiger partial charge in [0.1, 0.15) is 17.2 Å². The highest BCUT2D eigenvalue weighted by atomic mass is 19.1. The first-order valence-electron chi connectivity index (χ1n) is 8.60. The van der Waals surface area contributed by atoms with Gasteiger partial charge in [-0.25, -0.2) is 14.2 Å². The van der Waals surface area contributed by atoms with E-state index in [9.17, 15) is 9.18 Å². The number of ether oxygens (including phenoxy) is 1. The van der Waals surface area contributed by atoms with Gasteiger partial charge in [-0.1, -0.05) is 18.2 Å². The van der Waals surface area contributed by atoms with E-state index in [1.165, 1.54) is 12.3 Å². The molecule has 1 aromatic carbocycles. The van der Waals surface area contributed by atoms with Crippen molar-refractivity contribution in [3.63, 3.8) is 0 Å². The van der Waals surface area contributed by atoms with E-state index >= 15 is 0 Å². The number of benzene rings is 1. The Balaban J connectivity index is 1.52. The number of hydrogen-bond acceptors (Lipinski definition) is 4. The minimum absolute atomic E-state index is 0.208. The number of carbonyl (C=O) groups is 1. The molecule has 3 heterocycles. The molecule has 0 atom stereocenters. The van der Waals surface area contributed by atoms with Gasteiger partial charge in [-0.15, -0.1) is 0 Å². The number of carbonyl (C=O) groups excluding carboxylic acids is 1. The van der Waals surface area contributed by atoms with E-state index in [2.05, 4.69) is 20.6 Å². The van der Waals surface area contributed by atoms with Gasteiger partial charge in [0.05, 0.1) is 24.3 Å². The zero-order valence-electron chi connectivity index (χ0n) is 14.4. The Bertz CT molecular complexity index is 1040. The molecule has 0 spiro atoms. The monoisotopic (exact) mass is 364 g/mol. The number of amides is 2. The summed E-state index contributed by atoms with van der Waals surface area (Å²) in [5.74, 6) is -0.0186. The van der Waals surface area contributed by atoms with Crippen LogP contribution in [0.1, 0.15) is 18.5 Å². The summed E-state index contributed by atoms with van der Waals surface area (Å²) in [7, 11) is 0. The summed E-state index contributed by atoms with van der Waals surface area (Å²) in [5, 5.41) is 5.96. The molecule has 0 saturated carbocycles. The first kappa shape index (κ1) is 17.0. The molecular formula is C20H17FN4O2. The molecule has 2 amide bonds. The number of nitrogens with one attached hydrogen (secondary N) is 2. The molecule has 1 aliphatic heterocycles. The normalized spacial score (nSPS) is 13.6. The van der Waals surface area contributed by atoms with Gasteiger partial charge in [-0.3, -0.25) is 10.3 Å². The van der Waals surface area contributed by atoms with Gasteiger partial charge in [0, 0.05) is 17.2 Å². The number of hydrogen-bond donors (Lipinski definition) is 2. The Hall–Kier alpha value is -3.48. The van der Waals surface area contributed by atoms with E-state index in [1.807, 2.05) is 12.1 Å². The molecule has 1 aliphatic rings. The van der Waals surface area contributed by atoms with Crippen LogP contribution in [-0.2, 0) is 4.74 Å². The highest BCUT2D eigenvalue weighted by Crippen LogP contribution is 2.24. The first-order valence-corrected chi connectivity index (χ1v) is 8.60. The lowest BCUT2D eigenvalue weighted by Gasteiger charge is -2.14. The van der Waals surface area contributed by atoms with Crippen molar-refractivity contribution in [3.05, 3.63) is 66.4 Å². The molecule has 6 nitrogen and oxygen atoms in total. The number of urea groups is 1. The largest absolute Gasteiger partial charge is 0.501 e. The molecule has 0 radical (unpaired) electrons. The van der Waals surface area contributed by atoms with E-state index in [1.54, 1.807) is 30.5 Å². The fraction of sp³-hybridized carbons (Fsp3) is 0.150. The van der Waals surface area contributed by atoms with Crippen LogP contribution in [0.25, 0.3) is 16.5 Å². The molecule has 27 heavy (non-hydrogen) atoms. The molecule has 7 heteroatoms. The van der Waals surface area contributed by atoms with Crippen LogP contribution in [0, 0.1) is 5.82 Å². The molecule has 136 valence electrons. The van der Waals surface area contributed by atoms with Crippen molar-refractivity contribution >= 4 is 34.0 Å². The number of anilines is 2. The fourth-order valence-electron chi connectivity index (χ4n) is 2.95. The van der Waals surface area contributed by atoms with Gasteiger partial charge in [0.2, 0.25) is 0 Å². The van der Waals surface area contributed by atoms with Crippen molar-refractivity contribution in [2.24, 2.45) is 0 Å². The summed E-state index contributed by atoms with van der Waals surface area (Å²) in [6, 6.07) is 11.2. The predicted octanol–water partition coefficient (Wildman–Crippen LogP) is 4.56. The van der Waals surface area contributed by atoms with Gasteiger partial charge in [-0.05, 0) is 37.1 Å². The number of para-hydroxylation sites is 1. The zero-order valence-corrected chi connectivity index (χ0v) is 14.4. The van der Waals surface area contributed by atoms with Crippen molar-refractivity contribution in [3.8, 4) is 0 Å². The molecule has 0 fully saturated rings. The maximum atomic E-state index is 13.9. The minimum Gasteiger partial charge on any atom is -0.501 e. The van der Waals surface area contributed by atoms with E-state index in [0.29, 0.717) is 23.5 Å². The van der Waals surface area contributed by atoms with Crippen molar-refractivity contribution in [2.45, 2.75) is 12.8 Å². The highest BCUT2D eigenvalue weighted by Gasteiger charge is 2.12. The van der Waals surface area contributed by atoms with Crippen molar-refractivity contribution in [1.82, 2.24) is 9.97 Å². The lowest BCUT2D eigenvalue weighted by atomic mass is 10.1. The SMILES string of the molecule is O=C(Nc1cccc(C2=COCCC2)n1)Nc1ccnc2c(F)cccc12. The van der Waals surface area contributed by atoms with Crippen molar-refractivity contribution in [2.75, 3.05) is 17.2 Å². The molecule has 0 bridgehead atoms. The van der Waals surface area contributed by atoms with Crippen molar-refractivity contribution < 1.29 is 13.9 Å². The first-order chi connectivity index (χ1) is 13.2. The minimum atomic E-state index is -0.467. The van der Waals surface area contributed by atoms with E-state index < -0.39 is 11.8 Å². The standard InChI is InChI=1S/C20H17FN4O2/c21-15-6-1-5-14-17(9-10-22-19(14)15)24-20(26)25-18-8-2-7-16(23-18)13-4-3-11-27-12-13/h1-2,5-10,12H,3-4,11H2,(H2,22,23,24,25,26). The molecule has 0 aliphatic carbocycles. The second kappa shape index (κ2) is 7.41. The fourth-order valence-corrected chi connectivity index (χ4v) is 2.95. The quantitative estimate of drug-likeness (QED) is 0.714. The number of pyridine rings is 2. The van der Waals surface area contributed by atoms with Gasteiger partial charge in [0.25, 0.3) is 0 Å². The maximum absolute atomic E-state index is 13.9. The summed E-state index contributed by atoms with van der Waals surface area (Å²) in [6.07, 6.45) is 5.00. The number of allylic oxidation sites excluding steroid dienone is 1. The predicted molar refractivity (Wildman–Crippen MR) is 102 cm³/mol. The number of nitrogens with zero attached hydrogens (tertiary/aromatic N) is 2. The average Bonchev–Trinajstić information content (AvgIpc) is 2.70. The van der Waals surface area contributed by atoms with Crippen LogP contribution < -0.4 is 10.6 Å². The summed E-state index contributed by atoms with van der Waals surface area (Å²) in [5.41, 5.74) is 2.45. The number of fused-ring (bicyclic) bond motifs is 1. The molecule has 4 rings (SSSR count). The maximum Gasteiger partial charge on any atom is 0.324 e. The topological polar surface area (TPSA) is 76.1 Å². The highest BCUT2D eigenvalue weighted by molar-refractivity contribution is 6.05. The van der Waals surface area contributed by atoms with Crippen molar-refractivity contribution in [1.29, 1.82) is 0 Å². The zero-order chi connectivity index (χ0) is 18.6. The number of rotatable bonds is 3. The van der Waals surface area contributed by atoms with E-state index in [-0.39, 0.29) is 5.52 Å². The molecule has 3 aromatic rings. The lowest BCUT2D eigenvalue weighted by molar-refractivity contribution is 0.235. The summed E-state index contributed by atoms with van der Waals surface area (Å²) >= 11 is 0. The Morgan fingerprint density at radius 1 is 1.11 bits per heavy atom.